The van der Waals surface area contributed by atoms with Crippen LogP contribution in [0, 0.1) is 6.92 Å². The highest BCUT2D eigenvalue weighted by Crippen LogP contribution is 2.31. The number of benzene rings is 2. The van der Waals surface area contributed by atoms with Gasteiger partial charge in [-0.3, -0.25) is 4.79 Å². The van der Waals surface area contributed by atoms with Gasteiger partial charge in [0.15, 0.2) is 5.65 Å². The molecule has 1 unspecified atom stereocenters. The molecule has 0 aliphatic carbocycles. The SMILES string of the molecule is Cc1nn(C(C)c2ccc(C(F)(F)F)cc2)c2nc(Cc3cccc(O)c3)[nH]c(=O)c12. The molecule has 160 valence electrons. The number of rotatable bonds is 4. The molecule has 1 atom stereocenters. The first-order valence-corrected chi connectivity index (χ1v) is 9.56. The van der Waals surface area contributed by atoms with Crippen LogP contribution in [0.5, 0.6) is 5.75 Å². The van der Waals surface area contributed by atoms with Gasteiger partial charge in [0, 0.05) is 6.42 Å². The average molecular weight is 428 g/mol. The lowest BCUT2D eigenvalue weighted by Crippen LogP contribution is -2.15. The van der Waals surface area contributed by atoms with Crippen molar-refractivity contribution >= 4 is 11.0 Å². The quantitative estimate of drug-likeness (QED) is 0.506. The Labute approximate surface area is 175 Å². The second kappa shape index (κ2) is 7.57. The number of phenolic OH excluding ortho intramolecular Hbond substituents is 1. The Kier molecular flexibility index (Phi) is 5.04. The normalized spacial score (nSPS) is 12.9. The van der Waals surface area contributed by atoms with E-state index in [2.05, 4.69) is 15.1 Å². The van der Waals surface area contributed by atoms with Crippen LogP contribution in [0.1, 0.15) is 41.2 Å². The number of aromatic nitrogens is 4. The van der Waals surface area contributed by atoms with Gasteiger partial charge in [0.2, 0.25) is 0 Å². The standard InChI is InChI=1S/C22H19F3N4O2/c1-12-19-20(26-18(27-21(19)31)11-14-4-3-5-17(30)10-14)29(28-12)13(2)15-6-8-16(9-7-15)22(23,24)25/h3-10,13,30H,11H2,1-2H3,(H,26,27,31). The number of halogens is 3. The Morgan fingerprint density at radius 3 is 2.52 bits per heavy atom. The molecule has 0 spiro atoms. The third-order valence-corrected chi connectivity index (χ3v) is 5.16. The second-order valence-corrected chi connectivity index (χ2v) is 7.38. The fourth-order valence-corrected chi connectivity index (χ4v) is 3.56. The van der Waals surface area contributed by atoms with Gasteiger partial charge < -0.3 is 10.1 Å². The Bertz CT molecular complexity index is 1310. The molecule has 0 bridgehead atoms. The molecule has 0 aliphatic rings. The smallest absolute Gasteiger partial charge is 0.416 e. The van der Waals surface area contributed by atoms with E-state index in [-0.39, 0.29) is 11.3 Å². The van der Waals surface area contributed by atoms with Crippen molar-refractivity contribution in [3.05, 3.63) is 87.1 Å². The molecule has 0 aliphatic heterocycles. The van der Waals surface area contributed by atoms with Crippen molar-refractivity contribution in [1.29, 1.82) is 0 Å². The molecule has 0 fully saturated rings. The molecule has 2 aromatic heterocycles. The van der Waals surface area contributed by atoms with Crippen molar-refractivity contribution in [1.82, 2.24) is 19.7 Å². The number of nitrogens with one attached hydrogen (secondary N) is 1. The maximum Gasteiger partial charge on any atom is 0.416 e. The minimum Gasteiger partial charge on any atom is -0.508 e. The van der Waals surface area contributed by atoms with Crippen molar-refractivity contribution in [3.8, 4) is 5.75 Å². The molecular weight excluding hydrogens is 409 g/mol. The van der Waals surface area contributed by atoms with E-state index >= 15 is 0 Å². The van der Waals surface area contributed by atoms with Crippen molar-refractivity contribution in [2.24, 2.45) is 0 Å². The lowest BCUT2D eigenvalue weighted by Gasteiger charge is -2.15. The molecule has 4 aromatic rings. The van der Waals surface area contributed by atoms with Crippen molar-refractivity contribution < 1.29 is 18.3 Å². The van der Waals surface area contributed by atoms with Crippen LogP contribution >= 0.6 is 0 Å². The predicted molar refractivity (Wildman–Crippen MR) is 109 cm³/mol. The van der Waals surface area contributed by atoms with Crippen molar-refractivity contribution in [2.75, 3.05) is 0 Å². The monoisotopic (exact) mass is 428 g/mol. The number of aryl methyl sites for hydroxylation is 1. The molecule has 2 N–H and O–H groups in total. The zero-order chi connectivity index (χ0) is 22.3. The minimum atomic E-state index is -4.41. The van der Waals surface area contributed by atoms with Crippen LogP contribution < -0.4 is 5.56 Å². The summed E-state index contributed by atoms with van der Waals surface area (Å²) in [6, 6.07) is 11.0. The first kappa shape index (κ1) is 20.6. The first-order valence-electron chi connectivity index (χ1n) is 9.56. The van der Waals surface area contributed by atoms with Crippen molar-refractivity contribution in [2.45, 2.75) is 32.5 Å². The third kappa shape index (κ3) is 4.03. The highest BCUT2D eigenvalue weighted by molar-refractivity contribution is 5.77. The number of aromatic amines is 1. The summed E-state index contributed by atoms with van der Waals surface area (Å²) in [5, 5.41) is 14.4. The van der Waals surface area contributed by atoms with E-state index in [0.29, 0.717) is 34.5 Å². The van der Waals surface area contributed by atoms with Gasteiger partial charge in [0.25, 0.3) is 5.56 Å². The summed E-state index contributed by atoms with van der Waals surface area (Å²) >= 11 is 0. The maximum atomic E-state index is 12.9. The fourth-order valence-electron chi connectivity index (χ4n) is 3.56. The summed E-state index contributed by atoms with van der Waals surface area (Å²) in [5.74, 6) is 0.501. The third-order valence-electron chi connectivity index (χ3n) is 5.16. The number of fused-ring (bicyclic) bond motifs is 1. The van der Waals surface area contributed by atoms with Gasteiger partial charge >= 0.3 is 6.18 Å². The van der Waals surface area contributed by atoms with Crippen LogP contribution in [-0.2, 0) is 12.6 Å². The average Bonchev–Trinajstić information content (AvgIpc) is 3.03. The van der Waals surface area contributed by atoms with Gasteiger partial charge in [-0.1, -0.05) is 24.3 Å². The second-order valence-electron chi connectivity index (χ2n) is 7.38. The predicted octanol–water partition coefficient (Wildman–Crippen LogP) is 4.35. The van der Waals surface area contributed by atoms with Gasteiger partial charge in [0.1, 0.15) is 17.0 Å². The summed E-state index contributed by atoms with van der Waals surface area (Å²) in [4.78, 5) is 20.0. The zero-order valence-electron chi connectivity index (χ0n) is 16.7. The number of hydrogen-bond acceptors (Lipinski definition) is 4. The summed E-state index contributed by atoms with van der Waals surface area (Å²) < 4.78 is 40.1. The number of aromatic hydroxyl groups is 1. The van der Waals surface area contributed by atoms with Gasteiger partial charge in [-0.15, -0.1) is 0 Å². The Morgan fingerprint density at radius 1 is 1.16 bits per heavy atom. The van der Waals surface area contributed by atoms with Crippen LogP contribution in [0.4, 0.5) is 13.2 Å². The first-order chi connectivity index (χ1) is 14.6. The van der Waals surface area contributed by atoms with Gasteiger partial charge in [-0.2, -0.15) is 18.3 Å². The van der Waals surface area contributed by atoms with Gasteiger partial charge in [-0.25, -0.2) is 9.67 Å². The number of hydrogen-bond donors (Lipinski definition) is 2. The molecule has 0 radical (unpaired) electrons. The van der Waals surface area contributed by atoms with Crippen molar-refractivity contribution in [3.63, 3.8) is 0 Å². The van der Waals surface area contributed by atoms with E-state index in [1.807, 2.05) is 0 Å². The van der Waals surface area contributed by atoms with E-state index in [9.17, 15) is 23.1 Å². The molecule has 4 rings (SSSR count). The largest absolute Gasteiger partial charge is 0.508 e. The number of H-pyrrole nitrogens is 1. The summed E-state index contributed by atoms with van der Waals surface area (Å²) in [7, 11) is 0. The maximum absolute atomic E-state index is 12.9. The molecule has 0 amide bonds. The van der Waals surface area contributed by atoms with E-state index in [1.165, 1.54) is 12.1 Å². The molecule has 6 nitrogen and oxygen atoms in total. The van der Waals surface area contributed by atoms with Gasteiger partial charge in [0.05, 0.1) is 17.3 Å². The number of nitrogens with zero attached hydrogens (tertiary/aromatic N) is 3. The highest BCUT2D eigenvalue weighted by atomic mass is 19.4. The lowest BCUT2D eigenvalue weighted by molar-refractivity contribution is -0.137. The molecular formula is C22H19F3N4O2. The van der Waals surface area contributed by atoms with Crippen LogP contribution in [0.3, 0.4) is 0 Å². The summed E-state index contributed by atoms with van der Waals surface area (Å²) in [6.45, 7) is 3.47. The molecule has 0 saturated heterocycles. The number of alkyl halides is 3. The molecule has 2 aromatic carbocycles. The number of phenols is 1. The topological polar surface area (TPSA) is 83.8 Å². The van der Waals surface area contributed by atoms with E-state index in [0.717, 1.165) is 17.7 Å². The summed E-state index contributed by atoms with van der Waals surface area (Å²) in [6.07, 6.45) is -4.12. The molecule has 0 saturated carbocycles. The van der Waals surface area contributed by atoms with Crippen LogP contribution in [0.15, 0.2) is 53.3 Å². The molecule has 31 heavy (non-hydrogen) atoms. The van der Waals surface area contributed by atoms with E-state index < -0.39 is 17.8 Å². The van der Waals surface area contributed by atoms with Crippen LogP contribution in [0.2, 0.25) is 0 Å². The van der Waals surface area contributed by atoms with E-state index in [4.69, 9.17) is 0 Å². The summed E-state index contributed by atoms with van der Waals surface area (Å²) in [5.41, 5.74) is 1.13. The lowest BCUT2D eigenvalue weighted by atomic mass is 10.1. The zero-order valence-corrected chi connectivity index (χ0v) is 16.7. The highest BCUT2D eigenvalue weighted by Gasteiger charge is 2.30. The molecule has 2 heterocycles. The Balaban J connectivity index is 1.75. The van der Waals surface area contributed by atoms with Crippen LogP contribution in [0.25, 0.3) is 11.0 Å². The van der Waals surface area contributed by atoms with Gasteiger partial charge in [-0.05, 0) is 49.2 Å². The fraction of sp³-hybridized carbons (Fsp3) is 0.227. The molecule has 9 heteroatoms. The van der Waals surface area contributed by atoms with E-state index in [1.54, 1.807) is 42.8 Å². The minimum absolute atomic E-state index is 0.109. The Morgan fingerprint density at radius 2 is 1.87 bits per heavy atom. The van der Waals surface area contributed by atoms with Crippen LogP contribution in [-0.4, -0.2) is 24.9 Å². The Hall–Kier alpha value is -3.62.